The number of carbonyl (C=O) groups is 2. The van der Waals surface area contributed by atoms with Gasteiger partial charge in [0.15, 0.2) is 5.78 Å². The van der Waals surface area contributed by atoms with Crippen LogP contribution in [-0.2, 0) is 4.74 Å². The van der Waals surface area contributed by atoms with Crippen molar-refractivity contribution < 1.29 is 14.3 Å². The van der Waals surface area contributed by atoms with Gasteiger partial charge in [0.05, 0.1) is 17.0 Å². The van der Waals surface area contributed by atoms with Crippen molar-refractivity contribution in [1.82, 2.24) is 0 Å². The van der Waals surface area contributed by atoms with Gasteiger partial charge in [0.1, 0.15) is 0 Å². The van der Waals surface area contributed by atoms with Crippen LogP contribution in [0.15, 0.2) is 54.6 Å². The molecule has 2 aromatic carbocycles. The van der Waals surface area contributed by atoms with Crippen LogP contribution in [0.4, 0.5) is 0 Å². The molecule has 3 nitrogen and oxygen atoms in total. The summed E-state index contributed by atoms with van der Waals surface area (Å²) in [5.41, 5.74) is 1.28. The molecule has 1 heterocycles. The van der Waals surface area contributed by atoms with Crippen molar-refractivity contribution in [3.05, 3.63) is 75.6 Å². The first-order valence-electron chi connectivity index (χ1n) is 7.76. The molecule has 3 aromatic rings. The Bertz CT molecular complexity index is 972. The van der Waals surface area contributed by atoms with Gasteiger partial charge in [-0.15, -0.1) is 11.3 Å². The third kappa shape index (κ3) is 3.98. The highest BCUT2D eigenvalue weighted by Crippen LogP contribution is 2.28. The molecule has 0 saturated carbocycles. The van der Waals surface area contributed by atoms with Crippen molar-refractivity contribution in [1.29, 1.82) is 0 Å². The lowest BCUT2D eigenvalue weighted by Crippen LogP contribution is -2.03. The van der Waals surface area contributed by atoms with Crippen molar-refractivity contribution in [2.45, 2.75) is 6.92 Å². The quantitative estimate of drug-likeness (QED) is 0.332. The average molecular weight is 371 g/mol. The van der Waals surface area contributed by atoms with Gasteiger partial charge in [-0.1, -0.05) is 35.9 Å². The molecule has 0 spiro atoms. The molecule has 0 saturated heterocycles. The predicted octanol–water partition coefficient (Wildman–Crippen LogP) is 5.63. The molecule has 126 valence electrons. The van der Waals surface area contributed by atoms with Gasteiger partial charge in [-0.2, -0.15) is 0 Å². The van der Waals surface area contributed by atoms with Crippen molar-refractivity contribution in [3.8, 4) is 0 Å². The number of allylic oxidation sites excluding steroid dienone is 1. The van der Waals surface area contributed by atoms with E-state index >= 15 is 0 Å². The Morgan fingerprint density at radius 2 is 1.96 bits per heavy atom. The summed E-state index contributed by atoms with van der Waals surface area (Å²) in [4.78, 5) is 24.8. The molecule has 1 aromatic heterocycles. The van der Waals surface area contributed by atoms with Gasteiger partial charge in [-0.3, -0.25) is 4.79 Å². The van der Waals surface area contributed by atoms with Gasteiger partial charge in [0, 0.05) is 9.72 Å². The molecular formula is C20H15ClO3S. The van der Waals surface area contributed by atoms with E-state index in [2.05, 4.69) is 0 Å². The van der Waals surface area contributed by atoms with Crippen LogP contribution in [0.1, 0.15) is 32.5 Å². The number of rotatable bonds is 5. The molecule has 0 aliphatic carbocycles. The SMILES string of the molecule is CCOC(=O)c1ccc2cc(C(=O)/C=C/c3ccccc3Cl)sc2c1. The number of ether oxygens (including phenoxy) is 1. The summed E-state index contributed by atoms with van der Waals surface area (Å²) in [6.45, 7) is 2.10. The summed E-state index contributed by atoms with van der Waals surface area (Å²) in [6, 6.07) is 14.5. The highest BCUT2D eigenvalue weighted by molar-refractivity contribution is 7.21. The van der Waals surface area contributed by atoms with E-state index in [1.54, 1.807) is 31.2 Å². The number of halogens is 1. The molecule has 3 rings (SSSR count). The summed E-state index contributed by atoms with van der Waals surface area (Å²) in [5.74, 6) is -0.455. The van der Waals surface area contributed by atoms with Gasteiger partial charge < -0.3 is 4.74 Å². The molecule has 0 N–H and O–H groups in total. The Labute approximate surface area is 154 Å². The molecule has 0 aliphatic rings. The van der Waals surface area contributed by atoms with Crippen LogP contribution in [0.2, 0.25) is 5.02 Å². The fraction of sp³-hybridized carbons (Fsp3) is 0.100. The number of benzene rings is 2. The van der Waals surface area contributed by atoms with Crippen molar-refractivity contribution in [3.63, 3.8) is 0 Å². The lowest BCUT2D eigenvalue weighted by atomic mass is 10.1. The molecule has 0 unspecified atom stereocenters. The first-order chi connectivity index (χ1) is 12.1. The monoisotopic (exact) mass is 370 g/mol. The van der Waals surface area contributed by atoms with E-state index in [0.717, 1.165) is 15.6 Å². The predicted molar refractivity (Wildman–Crippen MR) is 103 cm³/mol. The number of fused-ring (bicyclic) bond motifs is 1. The second kappa shape index (κ2) is 7.64. The van der Waals surface area contributed by atoms with Crippen LogP contribution in [0.3, 0.4) is 0 Å². The Kier molecular flexibility index (Phi) is 5.31. The second-order valence-corrected chi connectivity index (χ2v) is 6.79. The molecule has 5 heteroatoms. The lowest BCUT2D eigenvalue weighted by Gasteiger charge is -2.00. The second-order valence-electron chi connectivity index (χ2n) is 5.30. The van der Waals surface area contributed by atoms with E-state index < -0.39 is 0 Å². The average Bonchev–Trinajstić information content (AvgIpc) is 3.04. The fourth-order valence-corrected chi connectivity index (χ4v) is 3.57. The topological polar surface area (TPSA) is 43.4 Å². The van der Waals surface area contributed by atoms with Crippen LogP contribution in [0.25, 0.3) is 16.2 Å². The van der Waals surface area contributed by atoms with Crippen molar-refractivity contribution in [2.75, 3.05) is 6.61 Å². The largest absolute Gasteiger partial charge is 0.462 e. The molecule has 0 atom stereocenters. The third-order valence-corrected chi connectivity index (χ3v) is 5.05. The molecule has 0 fully saturated rings. The van der Waals surface area contributed by atoms with Gasteiger partial charge in [0.2, 0.25) is 0 Å². The summed E-state index contributed by atoms with van der Waals surface area (Å²) >= 11 is 7.44. The number of thiophene rings is 1. The Morgan fingerprint density at radius 3 is 2.72 bits per heavy atom. The van der Waals surface area contributed by atoms with E-state index in [-0.39, 0.29) is 11.8 Å². The zero-order valence-corrected chi connectivity index (χ0v) is 15.1. The Morgan fingerprint density at radius 1 is 1.16 bits per heavy atom. The van der Waals surface area contributed by atoms with Gasteiger partial charge >= 0.3 is 5.97 Å². The number of hydrogen-bond acceptors (Lipinski definition) is 4. The number of carbonyl (C=O) groups excluding carboxylic acids is 2. The minimum atomic E-state index is -0.357. The van der Waals surface area contributed by atoms with Crippen molar-refractivity contribution in [2.24, 2.45) is 0 Å². The summed E-state index contributed by atoms with van der Waals surface area (Å²) < 4.78 is 5.88. The molecule has 0 aliphatic heterocycles. The fourth-order valence-electron chi connectivity index (χ4n) is 2.35. The first kappa shape index (κ1) is 17.4. The first-order valence-corrected chi connectivity index (χ1v) is 8.95. The van der Waals surface area contributed by atoms with E-state index in [9.17, 15) is 9.59 Å². The molecule has 0 amide bonds. The van der Waals surface area contributed by atoms with Crippen LogP contribution < -0.4 is 0 Å². The van der Waals surface area contributed by atoms with Crippen LogP contribution >= 0.6 is 22.9 Å². The minimum absolute atomic E-state index is 0.0983. The maximum absolute atomic E-state index is 12.4. The standard InChI is InChI=1S/C20H15ClO3S/c1-2-24-20(23)15-8-7-14-11-19(25-18(14)12-15)17(22)10-9-13-5-3-4-6-16(13)21/h3-12H,2H2,1H3/b10-9+. The van der Waals surface area contributed by atoms with E-state index in [1.807, 2.05) is 30.3 Å². The normalized spacial score (nSPS) is 11.1. The van der Waals surface area contributed by atoms with Gasteiger partial charge in [0.25, 0.3) is 0 Å². The summed E-state index contributed by atoms with van der Waals surface area (Å²) in [5, 5.41) is 1.52. The van der Waals surface area contributed by atoms with Crippen LogP contribution in [0, 0.1) is 0 Å². The maximum Gasteiger partial charge on any atom is 0.338 e. The molecule has 25 heavy (non-hydrogen) atoms. The zero-order valence-electron chi connectivity index (χ0n) is 13.5. The molecule has 0 bridgehead atoms. The van der Waals surface area contributed by atoms with Crippen LogP contribution in [-0.4, -0.2) is 18.4 Å². The van der Waals surface area contributed by atoms with Crippen LogP contribution in [0.5, 0.6) is 0 Å². The van der Waals surface area contributed by atoms with E-state index in [0.29, 0.717) is 22.1 Å². The third-order valence-electron chi connectivity index (χ3n) is 3.59. The van der Waals surface area contributed by atoms with Crippen molar-refractivity contribution >= 4 is 50.9 Å². The highest BCUT2D eigenvalue weighted by atomic mass is 35.5. The minimum Gasteiger partial charge on any atom is -0.462 e. The lowest BCUT2D eigenvalue weighted by molar-refractivity contribution is 0.0526. The summed E-state index contributed by atoms with van der Waals surface area (Å²) in [6.07, 6.45) is 3.22. The number of ketones is 1. The zero-order chi connectivity index (χ0) is 17.8. The van der Waals surface area contributed by atoms with E-state index in [1.165, 1.54) is 17.4 Å². The Hall–Kier alpha value is -2.43. The Balaban J connectivity index is 1.85. The number of esters is 1. The molecule has 0 radical (unpaired) electrons. The highest BCUT2D eigenvalue weighted by Gasteiger charge is 2.11. The van der Waals surface area contributed by atoms with Gasteiger partial charge in [-0.05, 0) is 54.3 Å². The number of hydrogen-bond donors (Lipinski definition) is 0. The maximum atomic E-state index is 12.4. The van der Waals surface area contributed by atoms with Gasteiger partial charge in [-0.25, -0.2) is 4.79 Å². The van der Waals surface area contributed by atoms with E-state index in [4.69, 9.17) is 16.3 Å². The summed E-state index contributed by atoms with van der Waals surface area (Å²) in [7, 11) is 0. The molecular weight excluding hydrogens is 356 g/mol. The smallest absolute Gasteiger partial charge is 0.338 e.